The first-order valence-electron chi connectivity index (χ1n) is 5.16. The summed E-state index contributed by atoms with van der Waals surface area (Å²) in [6.45, 7) is 0. The Labute approximate surface area is 108 Å². The molecule has 1 aromatic carbocycles. The molecule has 0 unspecified atom stereocenters. The van der Waals surface area contributed by atoms with E-state index in [2.05, 4.69) is 14.7 Å². The van der Waals surface area contributed by atoms with Crippen LogP contribution in [0.1, 0.15) is 5.82 Å². The van der Waals surface area contributed by atoms with Gasteiger partial charge in [0.15, 0.2) is 0 Å². The molecule has 0 saturated heterocycles. The summed E-state index contributed by atoms with van der Waals surface area (Å²) in [6.07, 6.45) is 1.46. The first-order chi connectivity index (χ1) is 8.60. The molecule has 0 saturated carbocycles. The van der Waals surface area contributed by atoms with Crippen LogP contribution in [-0.2, 0) is 16.0 Å². The molecule has 0 aliphatic heterocycles. The van der Waals surface area contributed by atoms with Gasteiger partial charge >= 0.3 is 5.97 Å². The van der Waals surface area contributed by atoms with Crippen LogP contribution < -0.4 is 0 Å². The van der Waals surface area contributed by atoms with E-state index < -0.39 is 11.8 Å². The van der Waals surface area contributed by atoms with Crippen LogP contribution >= 0.6 is 11.6 Å². The van der Waals surface area contributed by atoms with Crippen molar-refractivity contribution in [1.82, 2.24) is 9.97 Å². The minimum absolute atomic E-state index is 0.0126. The Hall–Kier alpha value is -1.88. The molecular formula is C12H10ClFN2O2. The van der Waals surface area contributed by atoms with Gasteiger partial charge in [0, 0.05) is 10.6 Å². The molecule has 1 aromatic heterocycles. The topological polar surface area (TPSA) is 55.0 Å². The van der Waals surface area contributed by atoms with Gasteiger partial charge in [-0.15, -0.1) is 0 Å². The number of methoxy groups -OCH3 is 1. The summed E-state index contributed by atoms with van der Waals surface area (Å²) in [4.78, 5) is 17.9. The summed E-state index contributed by atoms with van der Waals surface area (Å²) in [5.41, 5.74) is 0.778. The molecule has 0 amide bonds. The fourth-order valence-corrected chi connectivity index (χ4v) is 1.67. The second-order valence-electron chi connectivity index (χ2n) is 3.62. The number of benzene rings is 1. The van der Waals surface area contributed by atoms with Gasteiger partial charge in [0.25, 0.3) is 0 Å². The number of rotatable bonds is 3. The Morgan fingerprint density at radius 3 is 3.06 bits per heavy atom. The van der Waals surface area contributed by atoms with Crippen molar-refractivity contribution in [1.29, 1.82) is 0 Å². The van der Waals surface area contributed by atoms with Crippen LogP contribution in [-0.4, -0.2) is 23.0 Å². The van der Waals surface area contributed by atoms with Crippen molar-refractivity contribution in [3.63, 3.8) is 0 Å². The van der Waals surface area contributed by atoms with Gasteiger partial charge in [-0.1, -0.05) is 11.6 Å². The van der Waals surface area contributed by atoms with Gasteiger partial charge in [-0.2, -0.15) is 0 Å². The Morgan fingerprint density at radius 1 is 1.56 bits per heavy atom. The number of nitrogens with one attached hydrogen (secondary N) is 1. The SMILES string of the molecule is COC(=O)Cc1ncc(-c2cc(Cl)ccc2F)[nH]1. The van der Waals surface area contributed by atoms with E-state index in [9.17, 15) is 9.18 Å². The van der Waals surface area contributed by atoms with Gasteiger partial charge in [-0.3, -0.25) is 4.79 Å². The lowest BCUT2D eigenvalue weighted by molar-refractivity contribution is -0.139. The molecule has 1 heterocycles. The Balaban J connectivity index is 2.29. The number of aromatic nitrogens is 2. The highest BCUT2D eigenvalue weighted by molar-refractivity contribution is 6.30. The number of H-pyrrole nitrogens is 1. The Morgan fingerprint density at radius 2 is 2.33 bits per heavy atom. The number of nitrogens with zero attached hydrogens (tertiary/aromatic N) is 1. The third-order valence-corrected chi connectivity index (χ3v) is 2.62. The van der Waals surface area contributed by atoms with E-state index in [0.717, 1.165) is 0 Å². The van der Waals surface area contributed by atoms with Gasteiger partial charge in [0.2, 0.25) is 0 Å². The van der Waals surface area contributed by atoms with Crippen molar-refractivity contribution >= 4 is 17.6 Å². The van der Waals surface area contributed by atoms with E-state index in [1.165, 1.54) is 31.5 Å². The average Bonchev–Trinajstić information content (AvgIpc) is 2.80. The molecule has 94 valence electrons. The van der Waals surface area contributed by atoms with Gasteiger partial charge in [0.1, 0.15) is 18.1 Å². The molecular weight excluding hydrogens is 259 g/mol. The number of halogens is 2. The molecule has 6 heteroatoms. The Kier molecular flexibility index (Phi) is 3.62. The summed E-state index contributed by atoms with van der Waals surface area (Å²) in [7, 11) is 1.29. The maximum atomic E-state index is 13.6. The Bertz CT molecular complexity index is 583. The van der Waals surface area contributed by atoms with E-state index in [1.807, 2.05) is 0 Å². The number of carbonyl (C=O) groups excluding carboxylic acids is 1. The van der Waals surface area contributed by atoms with Crippen molar-refractivity contribution in [2.75, 3.05) is 7.11 Å². The minimum atomic E-state index is -0.414. The molecule has 0 bridgehead atoms. The highest BCUT2D eigenvalue weighted by atomic mass is 35.5. The normalized spacial score (nSPS) is 10.4. The van der Waals surface area contributed by atoms with Crippen LogP contribution in [0.4, 0.5) is 4.39 Å². The number of carbonyl (C=O) groups is 1. The molecule has 2 aromatic rings. The quantitative estimate of drug-likeness (QED) is 0.871. The minimum Gasteiger partial charge on any atom is -0.469 e. The fraction of sp³-hybridized carbons (Fsp3) is 0.167. The first kappa shape index (κ1) is 12.6. The second kappa shape index (κ2) is 5.18. The third kappa shape index (κ3) is 2.68. The standard InChI is InChI=1S/C12H10ClFN2O2/c1-18-12(17)5-11-15-6-10(16-11)8-4-7(13)2-3-9(8)14/h2-4,6H,5H2,1H3,(H,15,16). The zero-order valence-electron chi connectivity index (χ0n) is 9.54. The summed E-state index contributed by atoms with van der Waals surface area (Å²) in [5.74, 6) is -0.411. The van der Waals surface area contributed by atoms with E-state index in [1.54, 1.807) is 0 Å². The van der Waals surface area contributed by atoms with Crippen molar-refractivity contribution < 1.29 is 13.9 Å². The van der Waals surface area contributed by atoms with Crippen LogP contribution in [0.25, 0.3) is 11.3 Å². The molecule has 0 spiro atoms. The third-order valence-electron chi connectivity index (χ3n) is 2.39. The van der Waals surface area contributed by atoms with Crippen molar-refractivity contribution in [2.24, 2.45) is 0 Å². The number of hydrogen-bond donors (Lipinski definition) is 1. The highest BCUT2D eigenvalue weighted by Crippen LogP contribution is 2.24. The van der Waals surface area contributed by atoms with E-state index >= 15 is 0 Å². The maximum Gasteiger partial charge on any atom is 0.313 e. The molecule has 1 N–H and O–H groups in total. The molecule has 0 aliphatic rings. The van der Waals surface area contributed by atoms with E-state index in [-0.39, 0.29) is 6.42 Å². The molecule has 0 atom stereocenters. The molecule has 0 fully saturated rings. The fourth-order valence-electron chi connectivity index (χ4n) is 1.50. The predicted molar refractivity (Wildman–Crippen MR) is 64.7 cm³/mol. The molecule has 2 rings (SSSR count). The largest absolute Gasteiger partial charge is 0.469 e. The molecule has 4 nitrogen and oxygen atoms in total. The van der Waals surface area contributed by atoms with Crippen LogP contribution in [0.2, 0.25) is 5.02 Å². The van der Waals surface area contributed by atoms with Crippen molar-refractivity contribution in [3.8, 4) is 11.3 Å². The van der Waals surface area contributed by atoms with Gasteiger partial charge in [-0.05, 0) is 18.2 Å². The van der Waals surface area contributed by atoms with Crippen LogP contribution in [0.3, 0.4) is 0 Å². The summed E-state index contributed by atoms with van der Waals surface area (Å²) in [6, 6.07) is 4.23. The monoisotopic (exact) mass is 268 g/mol. The van der Waals surface area contributed by atoms with Crippen molar-refractivity contribution in [2.45, 2.75) is 6.42 Å². The lowest BCUT2D eigenvalue weighted by Gasteiger charge is -2.00. The number of esters is 1. The number of hydrogen-bond acceptors (Lipinski definition) is 3. The molecule has 18 heavy (non-hydrogen) atoms. The summed E-state index contributed by atoms with van der Waals surface area (Å²) in [5, 5.41) is 0.426. The van der Waals surface area contributed by atoms with Gasteiger partial charge in [-0.25, -0.2) is 9.37 Å². The average molecular weight is 269 g/mol. The smallest absolute Gasteiger partial charge is 0.313 e. The number of imidazole rings is 1. The van der Waals surface area contributed by atoms with Gasteiger partial charge in [0.05, 0.1) is 19.0 Å². The molecule has 0 aliphatic carbocycles. The lowest BCUT2D eigenvalue weighted by Crippen LogP contribution is -2.05. The number of aromatic amines is 1. The van der Waals surface area contributed by atoms with Crippen LogP contribution in [0.5, 0.6) is 0 Å². The maximum absolute atomic E-state index is 13.6. The van der Waals surface area contributed by atoms with Gasteiger partial charge < -0.3 is 9.72 Å². The summed E-state index contributed by atoms with van der Waals surface area (Å²) < 4.78 is 18.1. The highest BCUT2D eigenvalue weighted by Gasteiger charge is 2.11. The van der Waals surface area contributed by atoms with Crippen molar-refractivity contribution in [3.05, 3.63) is 41.1 Å². The number of ether oxygens (including phenoxy) is 1. The molecule has 0 radical (unpaired) electrons. The van der Waals surface area contributed by atoms with E-state index in [0.29, 0.717) is 22.1 Å². The zero-order valence-corrected chi connectivity index (χ0v) is 10.3. The van der Waals surface area contributed by atoms with E-state index in [4.69, 9.17) is 11.6 Å². The lowest BCUT2D eigenvalue weighted by atomic mass is 10.1. The second-order valence-corrected chi connectivity index (χ2v) is 4.06. The zero-order chi connectivity index (χ0) is 13.1. The summed E-state index contributed by atoms with van der Waals surface area (Å²) >= 11 is 5.81. The predicted octanol–water partition coefficient (Wildman–Crippen LogP) is 2.58. The van der Waals surface area contributed by atoms with Crippen LogP contribution in [0.15, 0.2) is 24.4 Å². The first-order valence-corrected chi connectivity index (χ1v) is 5.54. The van der Waals surface area contributed by atoms with Crippen LogP contribution in [0, 0.1) is 5.82 Å².